The van der Waals surface area contributed by atoms with Crippen molar-refractivity contribution in [2.45, 2.75) is 111 Å². The van der Waals surface area contributed by atoms with Crippen molar-refractivity contribution in [3.63, 3.8) is 0 Å². The van der Waals surface area contributed by atoms with E-state index in [9.17, 15) is 0 Å². The van der Waals surface area contributed by atoms with Gasteiger partial charge in [0.05, 0.1) is 0 Å². The molecule has 2 aromatic carbocycles. The van der Waals surface area contributed by atoms with Crippen LogP contribution in [0, 0.1) is 10.4 Å². The number of hydrogen-bond donors (Lipinski definition) is 0. The van der Waals surface area contributed by atoms with Crippen LogP contribution in [0.5, 0.6) is 0 Å². The van der Waals surface area contributed by atoms with E-state index in [2.05, 4.69) is 97.9 Å². The molecule has 0 unspecified atom stereocenters. The normalized spacial score (nSPS) is 16.4. The number of halogens is 2. The molecule has 1 saturated carbocycles. The van der Waals surface area contributed by atoms with Gasteiger partial charge < -0.3 is 24.8 Å². The van der Waals surface area contributed by atoms with Crippen molar-refractivity contribution in [3.05, 3.63) is 85.1 Å². The topological polar surface area (TPSA) is 0 Å². The third kappa shape index (κ3) is 5.92. The predicted molar refractivity (Wildman–Crippen MR) is 152 cm³/mol. The van der Waals surface area contributed by atoms with Crippen LogP contribution < -0.4 is 35.3 Å². The van der Waals surface area contributed by atoms with Crippen LogP contribution in [0.4, 0.5) is 0 Å². The smallest absolute Gasteiger partial charge is 1.00 e. The molecule has 0 bridgehead atoms. The molecule has 0 saturated heterocycles. The van der Waals surface area contributed by atoms with Crippen molar-refractivity contribution in [2.24, 2.45) is 0 Å². The summed E-state index contributed by atoms with van der Waals surface area (Å²) >= 11 is 0. The van der Waals surface area contributed by atoms with Gasteiger partial charge >= 0.3 is 26.2 Å². The zero-order valence-electron chi connectivity index (χ0n) is 24.5. The molecular formula is C35H43Cl2Zr. The molecule has 0 heterocycles. The first-order valence-electron chi connectivity index (χ1n) is 13.8. The van der Waals surface area contributed by atoms with E-state index in [1.807, 2.05) is 0 Å². The second kappa shape index (κ2) is 12.3. The van der Waals surface area contributed by atoms with Gasteiger partial charge in [0, 0.05) is 0 Å². The van der Waals surface area contributed by atoms with Crippen LogP contribution in [-0.2, 0) is 37.0 Å². The molecule has 0 N–H and O–H groups in total. The number of benzene rings is 2. The molecule has 1 fully saturated rings. The molecule has 0 spiro atoms. The predicted octanol–water partition coefficient (Wildman–Crippen LogP) is 2.17. The molecule has 3 aliphatic carbocycles. The van der Waals surface area contributed by atoms with Gasteiger partial charge in [0.25, 0.3) is 0 Å². The van der Waals surface area contributed by atoms with E-state index in [1.165, 1.54) is 80.8 Å². The van der Waals surface area contributed by atoms with Crippen molar-refractivity contribution < 1.29 is 51.0 Å². The molecule has 0 nitrogen and oxygen atoms in total. The van der Waals surface area contributed by atoms with Gasteiger partial charge in [0.1, 0.15) is 0 Å². The van der Waals surface area contributed by atoms with E-state index in [0.717, 1.165) is 6.42 Å². The Morgan fingerprint density at radius 1 is 0.895 bits per heavy atom. The van der Waals surface area contributed by atoms with Gasteiger partial charge in [-0.3, -0.25) is 0 Å². The van der Waals surface area contributed by atoms with Crippen LogP contribution in [0.3, 0.4) is 0 Å². The Morgan fingerprint density at radius 3 is 2.08 bits per heavy atom. The molecule has 0 aliphatic heterocycles. The summed E-state index contributed by atoms with van der Waals surface area (Å²) in [5, 5.41) is 5.65. The Bertz CT molecular complexity index is 1470. The van der Waals surface area contributed by atoms with E-state index in [-0.39, 0.29) is 61.8 Å². The fraction of sp³-hybridized carbons (Fsp3) is 0.486. The Balaban J connectivity index is 0.00000169. The van der Waals surface area contributed by atoms with Crippen LogP contribution in [0.25, 0.3) is 17.2 Å². The van der Waals surface area contributed by atoms with Crippen LogP contribution in [-0.4, -0.2) is 0 Å². The Hall–Kier alpha value is -0.877. The number of hydrogen-bond acceptors (Lipinski definition) is 0. The molecule has 0 amide bonds. The monoisotopic (exact) mass is 623 g/mol. The first-order valence-corrected chi connectivity index (χ1v) is 13.8. The summed E-state index contributed by atoms with van der Waals surface area (Å²) in [4.78, 5) is 0. The van der Waals surface area contributed by atoms with E-state index >= 15 is 0 Å². The third-order valence-electron chi connectivity index (χ3n) is 8.31. The summed E-state index contributed by atoms with van der Waals surface area (Å²) < 4.78 is 0. The number of allylic oxidation sites excluding steroid dienone is 4. The van der Waals surface area contributed by atoms with Crippen molar-refractivity contribution in [3.8, 4) is 0 Å². The molecule has 1 radical (unpaired) electrons. The average molecular weight is 626 g/mol. The molecule has 5 rings (SSSR count). The van der Waals surface area contributed by atoms with Crippen molar-refractivity contribution in [2.75, 3.05) is 0 Å². The summed E-state index contributed by atoms with van der Waals surface area (Å²) in [6.45, 7) is 18.9. The fourth-order valence-electron chi connectivity index (χ4n) is 6.68. The minimum absolute atomic E-state index is 0. The van der Waals surface area contributed by atoms with Gasteiger partial charge in [-0.05, 0) is 55.4 Å². The maximum absolute atomic E-state index is 3.99. The average Bonchev–Trinajstić information content (AvgIpc) is 3.44. The quantitative estimate of drug-likeness (QED) is 0.384. The molecule has 38 heavy (non-hydrogen) atoms. The van der Waals surface area contributed by atoms with Crippen LogP contribution in [0.15, 0.2) is 36.4 Å². The van der Waals surface area contributed by atoms with Gasteiger partial charge in [-0.25, -0.2) is 0 Å². The standard InChI is InChI=1S/C35H43.2ClH.Zr/c1-22(2)29-31(24-14-10-9-11-15-24)33(35(6,7)8)30(23-16-12-13-17-23)28-21-25-20-26(34(3,4)5)18-19-27(25)32(28)29;;;/h12-13,16,18-20,24H,9-11,14-15,17H2,1-8H3;2*1H;/q-1;;;+3/p-2. The summed E-state index contributed by atoms with van der Waals surface area (Å²) in [6.07, 6.45) is 18.7. The van der Waals surface area contributed by atoms with Crippen molar-refractivity contribution in [1.29, 1.82) is 0 Å². The van der Waals surface area contributed by atoms with Crippen molar-refractivity contribution >= 4 is 17.2 Å². The van der Waals surface area contributed by atoms with Crippen LogP contribution in [0.2, 0.25) is 0 Å². The summed E-state index contributed by atoms with van der Waals surface area (Å²) in [5.41, 5.74) is 10.6. The molecule has 3 aliphatic rings. The Labute approximate surface area is 262 Å². The second-order valence-corrected chi connectivity index (χ2v) is 13.3. The summed E-state index contributed by atoms with van der Waals surface area (Å²) in [6, 6.07) is 7.16. The summed E-state index contributed by atoms with van der Waals surface area (Å²) in [5.74, 6) is 0.653. The molecule has 201 valence electrons. The molecule has 0 aromatic heterocycles. The largest absolute Gasteiger partial charge is 3.00 e. The van der Waals surface area contributed by atoms with Gasteiger partial charge in [-0.1, -0.05) is 124 Å². The molecule has 2 aromatic rings. The maximum Gasteiger partial charge on any atom is 3.00 e. The zero-order valence-corrected chi connectivity index (χ0v) is 28.5. The minimum atomic E-state index is 0. The first-order chi connectivity index (χ1) is 16.5. The molecular weight excluding hydrogens is 583 g/mol. The summed E-state index contributed by atoms with van der Waals surface area (Å²) in [7, 11) is 0. The Morgan fingerprint density at radius 2 is 1.55 bits per heavy atom. The minimum Gasteiger partial charge on any atom is -1.00 e. The Kier molecular flexibility index (Phi) is 10.8. The van der Waals surface area contributed by atoms with Gasteiger partial charge in [-0.15, -0.1) is 33.4 Å². The van der Waals surface area contributed by atoms with Crippen LogP contribution in [0.1, 0.15) is 128 Å². The van der Waals surface area contributed by atoms with E-state index in [1.54, 1.807) is 11.1 Å². The van der Waals surface area contributed by atoms with Crippen molar-refractivity contribution in [1.82, 2.24) is 0 Å². The van der Waals surface area contributed by atoms with E-state index < -0.39 is 0 Å². The van der Waals surface area contributed by atoms with E-state index in [4.69, 9.17) is 0 Å². The maximum atomic E-state index is 3.99. The molecule has 3 heteroatoms. The number of fused-ring (bicyclic) bond motifs is 2. The van der Waals surface area contributed by atoms with Crippen LogP contribution >= 0.6 is 0 Å². The van der Waals surface area contributed by atoms with Gasteiger partial charge in [-0.2, -0.15) is 0 Å². The second-order valence-electron chi connectivity index (χ2n) is 13.3. The zero-order chi connectivity index (χ0) is 25.1. The third-order valence-corrected chi connectivity index (χ3v) is 8.31. The number of rotatable bonds is 2. The fourth-order valence-corrected chi connectivity index (χ4v) is 6.68. The SMILES string of the molecule is CC(C)=c1c(C2CCCCC2)c(C(C)(C)C)c(C2=CC=CC2)c2c1=c1ccc(C(C)(C)C)cc1=[C-]2.[Cl-].[Cl-].[Zr+3]. The van der Waals surface area contributed by atoms with E-state index in [0.29, 0.717) is 5.92 Å². The first kappa shape index (κ1) is 33.3. The van der Waals surface area contributed by atoms with Gasteiger partial charge in [0.2, 0.25) is 0 Å². The van der Waals surface area contributed by atoms with Gasteiger partial charge in [0.15, 0.2) is 0 Å². The molecule has 0 atom stereocenters.